The Bertz CT molecular complexity index is 331. The summed E-state index contributed by atoms with van der Waals surface area (Å²) >= 11 is 27.3. The van der Waals surface area contributed by atoms with Gasteiger partial charge in [0.15, 0.2) is 5.56 Å². The molecule has 0 aromatic rings. The molecule has 0 aromatic carbocycles. The minimum atomic E-state index is -2.92. The van der Waals surface area contributed by atoms with Crippen LogP contribution in [0, 0.1) is 0 Å². The van der Waals surface area contributed by atoms with Crippen LogP contribution in [0.25, 0.3) is 0 Å². The number of hydrogen-bond acceptors (Lipinski definition) is 5. The van der Waals surface area contributed by atoms with E-state index >= 15 is 0 Å². The Hall–Kier alpha value is 1.90. The largest absolute Gasteiger partial charge is 1.00 e. The fraction of sp³-hybridized carbons (Fsp3) is 1.00. The Kier molecular flexibility index (Phi) is 18.1. The minimum absolute atomic E-state index is 0. The molecule has 0 rings (SSSR count). The smallest absolute Gasteiger partial charge is 0.328 e. The predicted molar refractivity (Wildman–Crippen MR) is 98.5 cm³/mol. The van der Waals surface area contributed by atoms with Crippen LogP contribution in [0.3, 0.4) is 0 Å². The number of aliphatic hydroxyl groups is 1. The fourth-order valence-electron chi connectivity index (χ4n) is 0.887. The van der Waals surface area contributed by atoms with Crippen molar-refractivity contribution in [2.24, 2.45) is 0 Å². The van der Waals surface area contributed by atoms with Crippen molar-refractivity contribution in [2.45, 2.75) is 23.2 Å². The van der Waals surface area contributed by atoms with Gasteiger partial charge in [-0.1, -0.05) is 46.4 Å². The van der Waals surface area contributed by atoms with Gasteiger partial charge in [-0.05, 0) is 25.7 Å². The summed E-state index contributed by atoms with van der Waals surface area (Å²) in [6, 6.07) is 0. The predicted octanol–water partition coefficient (Wildman–Crippen LogP) is 0.925. The summed E-state index contributed by atoms with van der Waals surface area (Å²) in [6.45, 7) is 2.36. The van der Waals surface area contributed by atoms with E-state index < -0.39 is 16.1 Å². The molecule has 5 nitrogen and oxygen atoms in total. The van der Waals surface area contributed by atoms with E-state index in [2.05, 4.69) is 21.1 Å². The molecule has 0 heterocycles. The highest BCUT2D eigenvalue weighted by Crippen LogP contribution is 2.54. The minimum Gasteiger partial charge on any atom is -1.00 e. The highest BCUT2D eigenvalue weighted by Gasteiger charge is 2.37. The molecule has 0 aliphatic rings. The van der Waals surface area contributed by atoms with E-state index in [-0.39, 0.29) is 19.0 Å². The van der Waals surface area contributed by atoms with Crippen molar-refractivity contribution in [3.63, 3.8) is 0 Å². The van der Waals surface area contributed by atoms with E-state index in [0.29, 0.717) is 13.2 Å². The van der Waals surface area contributed by atoms with Crippen LogP contribution in [0.2, 0.25) is 0 Å². The Morgan fingerprint density at radius 1 is 1.13 bits per heavy atom. The molecule has 144 valence electrons. The lowest BCUT2D eigenvalue weighted by molar-refractivity contribution is -0.870. The van der Waals surface area contributed by atoms with Crippen LogP contribution in [0.15, 0.2) is 0 Å². The van der Waals surface area contributed by atoms with Gasteiger partial charge in [0, 0.05) is 0 Å². The molecule has 0 fully saturated rings. The zero-order chi connectivity index (χ0) is 18.0. The van der Waals surface area contributed by atoms with Crippen LogP contribution in [-0.4, -0.2) is 66.5 Å². The van der Waals surface area contributed by atoms with Gasteiger partial charge in [-0.15, -0.1) is 0 Å². The van der Waals surface area contributed by atoms with Gasteiger partial charge in [-0.25, -0.2) is 0 Å². The molecule has 1 atom stereocenters. The second-order valence-electron chi connectivity index (χ2n) is 4.98. The second-order valence-corrected chi connectivity index (χ2v) is 10.7. The summed E-state index contributed by atoms with van der Waals surface area (Å²) in [4.78, 5) is 0. The third-order valence-electron chi connectivity index (χ3n) is 1.82. The molecule has 0 saturated heterocycles. The molecule has 0 aliphatic carbocycles. The number of halogens is 5. The van der Waals surface area contributed by atoms with Gasteiger partial charge in [-0.3, -0.25) is 4.52 Å². The second kappa shape index (κ2) is 14.0. The van der Waals surface area contributed by atoms with Crippen molar-refractivity contribution >= 4 is 64.9 Å². The maximum atomic E-state index is 8.39. The van der Waals surface area contributed by atoms with Gasteiger partial charge in [0.05, 0.1) is 41.0 Å². The maximum absolute atomic E-state index is 8.39. The van der Waals surface area contributed by atoms with Crippen molar-refractivity contribution in [3.8, 4) is 0 Å². The van der Waals surface area contributed by atoms with E-state index in [0.717, 1.165) is 11.0 Å². The summed E-state index contributed by atoms with van der Waals surface area (Å²) in [5.41, 5.74) is -1.22. The number of aliphatic hydroxyl groups excluding tert-OH is 1. The number of hydrogen-bond donors (Lipinski definition) is 1. The van der Waals surface area contributed by atoms with Crippen LogP contribution in [0.4, 0.5) is 0 Å². The average molecular weight is 476 g/mol. The molecule has 0 aliphatic heterocycles. The first-order valence-corrected chi connectivity index (χ1v) is 10.6. The highest BCUT2D eigenvalue weighted by atomic mass is 35.6. The van der Waals surface area contributed by atoms with Crippen molar-refractivity contribution in [3.05, 3.63) is 0 Å². The lowest BCUT2D eigenvalue weighted by atomic mass is 10.5. The normalized spacial score (nSPS) is 13.7. The van der Waals surface area contributed by atoms with E-state index in [9.17, 15) is 0 Å². The van der Waals surface area contributed by atoms with Crippen molar-refractivity contribution < 1.29 is 35.6 Å². The topological polar surface area (TPSA) is 47.9 Å². The first-order chi connectivity index (χ1) is 9.81. The van der Waals surface area contributed by atoms with Crippen LogP contribution >= 0.6 is 53.1 Å². The molecule has 0 bridgehead atoms. The Morgan fingerprint density at radius 3 is 1.70 bits per heavy atom. The summed E-state index contributed by atoms with van der Waals surface area (Å²) in [7, 11) is 6.16. The van der Waals surface area contributed by atoms with E-state index in [4.69, 9.17) is 76.9 Å². The van der Waals surface area contributed by atoms with E-state index in [1.54, 1.807) is 13.8 Å². The molecule has 23 heavy (non-hydrogen) atoms. The molecule has 0 saturated carbocycles. The van der Waals surface area contributed by atoms with Crippen LogP contribution in [0.5, 0.6) is 0 Å². The third-order valence-corrected chi connectivity index (χ3v) is 5.80. The van der Waals surface area contributed by atoms with Gasteiger partial charge in [-0.2, -0.15) is 0 Å². The number of rotatable bonds is 8. The number of quaternary nitrogens is 1. The molecule has 1 unspecified atom stereocenters. The summed E-state index contributed by atoms with van der Waals surface area (Å²) < 4.78 is 14.5. The lowest BCUT2D eigenvalue weighted by Crippen LogP contribution is -3.00. The standard InChI is InChI=1S/C6H11Cl4O3PS.C5H14NO.ClH/c1-3-11-14(15,12-4-2)13-5(7)6(8,9)10;1-6(2,3)4-5-7;/h5H,3-4H2,1-2H3;7H,4-5H2,1-3H3;1H/q;+1;/p-1. The number of alkyl halides is 4. The zero-order valence-corrected chi connectivity index (χ0v) is 19.3. The van der Waals surface area contributed by atoms with Crippen molar-refractivity contribution in [1.29, 1.82) is 0 Å². The zero-order valence-electron chi connectivity index (χ0n) is 13.8. The fourth-order valence-corrected chi connectivity index (χ4v) is 3.77. The Labute approximate surface area is 170 Å². The maximum Gasteiger partial charge on any atom is 0.328 e. The molecule has 1 N–H and O–H groups in total. The number of nitrogens with zero attached hydrogens (tertiary/aromatic N) is 1. The average Bonchev–Trinajstić information content (AvgIpc) is 2.26. The summed E-state index contributed by atoms with van der Waals surface area (Å²) in [6.07, 6.45) is 0. The van der Waals surface area contributed by atoms with Crippen LogP contribution < -0.4 is 12.4 Å². The first-order valence-electron chi connectivity index (χ1n) is 6.51. The van der Waals surface area contributed by atoms with E-state index in [1.165, 1.54) is 0 Å². The Balaban J connectivity index is -0.000000425. The SMILES string of the molecule is CCOP(=S)(OCC)OC(Cl)C(Cl)(Cl)Cl.C[N+](C)(C)CCO.[Cl-]. The molecular weight excluding hydrogens is 450 g/mol. The summed E-state index contributed by atoms with van der Waals surface area (Å²) in [5.74, 6) is 0. The van der Waals surface area contributed by atoms with Crippen LogP contribution in [0.1, 0.15) is 13.8 Å². The molecule has 12 heteroatoms. The molecule has 0 radical (unpaired) electrons. The van der Waals surface area contributed by atoms with Gasteiger partial charge >= 0.3 is 6.72 Å². The quantitative estimate of drug-likeness (QED) is 0.322. The van der Waals surface area contributed by atoms with Gasteiger partial charge < -0.3 is 31.0 Å². The van der Waals surface area contributed by atoms with Gasteiger partial charge in [0.25, 0.3) is 0 Å². The summed E-state index contributed by atoms with van der Waals surface area (Å²) in [5, 5.41) is 8.39. The molecule has 0 aromatic heterocycles. The van der Waals surface area contributed by atoms with E-state index in [1.807, 2.05) is 0 Å². The molecule has 0 spiro atoms. The highest BCUT2D eigenvalue weighted by molar-refractivity contribution is 8.07. The Morgan fingerprint density at radius 2 is 1.52 bits per heavy atom. The monoisotopic (exact) mass is 473 g/mol. The third kappa shape index (κ3) is 18.5. The van der Waals surface area contributed by atoms with Crippen LogP contribution in [-0.2, 0) is 25.4 Å². The lowest BCUT2D eigenvalue weighted by Gasteiger charge is -2.26. The number of likely N-dealkylation sites (N-methyl/N-ethyl adjacent to an activating group) is 1. The molecular formula is C11H25Cl5NO4PS. The van der Waals surface area contributed by atoms with Crippen molar-refractivity contribution in [1.82, 2.24) is 0 Å². The first kappa shape index (κ1) is 29.7. The van der Waals surface area contributed by atoms with Gasteiger partial charge in [0.1, 0.15) is 6.54 Å². The van der Waals surface area contributed by atoms with Gasteiger partial charge in [0.2, 0.25) is 3.79 Å². The van der Waals surface area contributed by atoms with Crippen molar-refractivity contribution in [2.75, 3.05) is 47.5 Å². The molecule has 0 amide bonds.